The van der Waals surface area contributed by atoms with Gasteiger partial charge in [-0.2, -0.15) is 0 Å². The van der Waals surface area contributed by atoms with E-state index in [2.05, 4.69) is 103 Å². The molecule has 3 heteroatoms. The predicted molar refractivity (Wildman–Crippen MR) is 131 cm³/mol. The van der Waals surface area contributed by atoms with Gasteiger partial charge in [0.05, 0.1) is 0 Å². The Morgan fingerprint density at radius 3 is 1.43 bits per heavy atom. The fourth-order valence-corrected chi connectivity index (χ4v) is 7.94. The Labute approximate surface area is 189 Å². The van der Waals surface area contributed by atoms with Gasteiger partial charge in [-0.1, -0.05) is 0 Å². The van der Waals surface area contributed by atoms with Gasteiger partial charge in [0.2, 0.25) is 0 Å². The minimum atomic E-state index is 0.223. The summed E-state index contributed by atoms with van der Waals surface area (Å²) in [6, 6.07) is 37.1. The van der Waals surface area contributed by atoms with Gasteiger partial charge in [-0.05, 0) is 0 Å². The van der Waals surface area contributed by atoms with E-state index in [0.717, 1.165) is 5.75 Å². The van der Waals surface area contributed by atoms with E-state index in [1.165, 1.54) is 39.4 Å². The summed E-state index contributed by atoms with van der Waals surface area (Å²) in [6.07, 6.45) is 0. The van der Waals surface area contributed by atoms with E-state index in [-0.39, 0.29) is 29.9 Å². The third-order valence-electron chi connectivity index (χ3n) is 5.03. The molecule has 0 saturated carbocycles. The van der Waals surface area contributed by atoms with Crippen molar-refractivity contribution in [1.82, 2.24) is 0 Å². The molecule has 0 saturated heterocycles. The van der Waals surface area contributed by atoms with E-state index in [4.69, 9.17) is 4.74 Å². The van der Waals surface area contributed by atoms with Crippen LogP contribution in [0, 0.1) is 0 Å². The van der Waals surface area contributed by atoms with Crippen LogP contribution >= 0.6 is 0 Å². The van der Waals surface area contributed by atoms with Crippen LogP contribution in [-0.2, 0) is 0 Å². The second kappa shape index (κ2) is 8.68. The molecule has 0 bridgehead atoms. The fourth-order valence-electron chi connectivity index (χ4n) is 3.72. The Kier molecular flexibility index (Phi) is 5.62. The van der Waals surface area contributed by atoms with Crippen molar-refractivity contribution >= 4 is 69.3 Å². The maximum atomic E-state index is 6.12. The van der Waals surface area contributed by atoms with E-state index >= 15 is 0 Å². The maximum absolute atomic E-state index is 6.12. The summed E-state index contributed by atoms with van der Waals surface area (Å²) in [5, 5.41) is 5.01. The molecule has 146 valence electrons. The number of methoxy groups -OCH3 is 1. The topological polar surface area (TPSA) is 9.23 Å². The third kappa shape index (κ3) is 3.78. The molecule has 0 unspecified atom stereocenters. The average Bonchev–Trinajstić information content (AvgIpc) is 2.79. The first-order valence-electron chi connectivity index (χ1n) is 9.82. The first kappa shape index (κ1) is 19.4. The van der Waals surface area contributed by atoms with Crippen LogP contribution in [0.25, 0.3) is 21.5 Å². The van der Waals surface area contributed by atoms with Crippen LogP contribution in [0.4, 0.5) is 0 Å². The molecule has 5 aromatic carbocycles. The van der Waals surface area contributed by atoms with Gasteiger partial charge < -0.3 is 0 Å². The second-order valence-corrected chi connectivity index (χ2v) is 11.6. The van der Waals surface area contributed by atoms with Gasteiger partial charge in [-0.25, -0.2) is 0 Å². The number of hydrogen-bond donors (Lipinski definition) is 0. The van der Waals surface area contributed by atoms with Gasteiger partial charge >= 0.3 is 190 Å². The molecule has 0 fully saturated rings. The van der Waals surface area contributed by atoms with Crippen LogP contribution in [0.5, 0.6) is 5.75 Å². The van der Waals surface area contributed by atoms with Crippen LogP contribution in [0.15, 0.2) is 103 Å². The van der Waals surface area contributed by atoms with Crippen LogP contribution in [0.2, 0.25) is 0 Å². The van der Waals surface area contributed by atoms with Gasteiger partial charge in [-0.15, -0.1) is 0 Å². The van der Waals surface area contributed by atoms with Gasteiger partial charge in [0.15, 0.2) is 0 Å². The quantitative estimate of drug-likeness (QED) is 0.257. The summed E-state index contributed by atoms with van der Waals surface area (Å²) in [6.45, 7) is 0. The van der Waals surface area contributed by atoms with Gasteiger partial charge in [0.25, 0.3) is 0 Å². The Hall–Kier alpha value is -2.54. The molecular weight excluding hydrogens is 498 g/mol. The molecular formula is C27H20OSe2. The molecule has 0 radical (unpaired) electrons. The fraction of sp³-hybridized carbons (Fsp3) is 0.0370. The van der Waals surface area contributed by atoms with Crippen molar-refractivity contribution in [2.45, 2.75) is 0 Å². The number of hydrogen-bond acceptors (Lipinski definition) is 1. The molecule has 1 nitrogen and oxygen atoms in total. The van der Waals surface area contributed by atoms with Gasteiger partial charge in [0, 0.05) is 0 Å². The second-order valence-electron chi connectivity index (χ2n) is 6.95. The predicted octanol–water partition coefficient (Wildman–Crippen LogP) is 3.31. The molecule has 0 amide bonds. The average molecular weight is 518 g/mol. The van der Waals surface area contributed by atoms with Crippen molar-refractivity contribution in [2.24, 2.45) is 0 Å². The van der Waals surface area contributed by atoms with E-state index in [1.54, 1.807) is 0 Å². The molecule has 0 aromatic heterocycles. The Balaban J connectivity index is 1.74. The summed E-state index contributed by atoms with van der Waals surface area (Å²) in [5.41, 5.74) is 0. The van der Waals surface area contributed by atoms with Crippen molar-refractivity contribution < 1.29 is 4.74 Å². The first-order valence-corrected chi connectivity index (χ1v) is 13.2. The third-order valence-corrected chi connectivity index (χ3v) is 9.51. The van der Waals surface area contributed by atoms with Gasteiger partial charge in [0.1, 0.15) is 0 Å². The summed E-state index contributed by atoms with van der Waals surface area (Å²) in [7, 11) is 1.81. The van der Waals surface area contributed by atoms with Crippen molar-refractivity contribution in [3.8, 4) is 5.75 Å². The summed E-state index contributed by atoms with van der Waals surface area (Å²) >= 11 is 0.447. The van der Waals surface area contributed by atoms with Crippen LogP contribution in [0.1, 0.15) is 0 Å². The van der Waals surface area contributed by atoms with Crippen molar-refractivity contribution in [2.75, 3.05) is 7.11 Å². The molecule has 5 rings (SSSR count). The zero-order valence-electron chi connectivity index (χ0n) is 16.5. The number of rotatable bonds is 5. The van der Waals surface area contributed by atoms with E-state index in [0.29, 0.717) is 0 Å². The molecule has 0 aliphatic rings. The van der Waals surface area contributed by atoms with Crippen LogP contribution in [0.3, 0.4) is 0 Å². The molecule has 0 heterocycles. The Bertz CT molecular complexity index is 1220. The van der Waals surface area contributed by atoms with Crippen molar-refractivity contribution in [3.63, 3.8) is 0 Å². The van der Waals surface area contributed by atoms with E-state index in [1.807, 2.05) is 7.11 Å². The van der Waals surface area contributed by atoms with Crippen LogP contribution < -0.4 is 22.6 Å². The molecule has 0 aliphatic heterocycles. The SMILES string of the molecule is COc1c2c([Se]c3ccccc3)cccc2cc2cccc([Se]c3ccccc3)c12. The Morgan fingerprint density at radius 2 is 1.00 bits per heavy atom. The zero-order valence-corrected chi connectivity index (χ0v) is 20.0. The van der Waals surface area contributed by atoms with E-state index < -0.39 is 0 Å². The standard InChI is InChI=1S/C27H20OSe2/c1-28-27-25-19(10-8-16-23(25)29-21-12-4-2-5-13-21)18-20-11-9-17-24(26(20)27)30-22-14-6-3-7-15-22/h2-18H,1H3. The van der Waals surface area contributed by atoms with Crippen molar-refractivity contribution in [1.29, 1.82) is 0 Å². The molecule has 0 atom stereocenters. The molecule has 0 N–H and O–H groups in total. The monoisotopic (exact) mass is 520 g/mol. The number of fused-ring (bicyclic) bond motifs is 2. The molecule has 5 aromatic rings. The van der Waals surface area contributed by atoms with Crippen molar-refractivity contribution in [3.05, 3.63) is 103 Å². The first-order chi connectivity index (χ1) is 14.8. The Morgan fingerprint density at radius 1 is 0.533 bits per heavy atom. The normalized spacial score (nSPS) is 11.1. The minimum absolute atomic E-state index is 0.223. The molecule has 0 spiro atoms. The van der Waals surface area contributed by atoms with Gasteiger partial charge in [-0.3, -0.25) is 0 Å². The summed E-state index contributed by atoms with van der Waals surface area (Å²) in [4.78, 5) is 0. The summed E-state index contributed by atoms with van der Waals surface area (Å²) < 4.78 is 11.6. The zero-order chi connectivity index (χ0) is 20.3. The summed E-state index contributed by atoms with van der Waals surface area (Å²) in [5.74, 6) is 1.02. The van der Waals surface area contributed by atoms with E-state index in [9.17, 15) is 0 Å². The number of ether oxygens (including phenoxy) is 1. The molecule has 0 aliphatic carbocycles. The molecule has 30 heavy (non-hydrogen) atoms. The van der Waals surface area contributed by atoms with Crippen LogP contribution in [-0.4, -0.2) is 37.0 Å². The number of benzene rings is 5.